The molecule has 1 rings (SSSR count). The molecular weight excluding hydrogens is 141 g/mol. The Morgan fingerprint density at radius 3 is 1.80 bits per heavy atom. The van der Waals surface area contributed by atoms with Crippen molar-refractivity contribution >= 4 is 8.07 Å². The molecule has 0 aliphatic carbocycles. The first-order valence-electron chi connectivity index (χ1n) is 4.32. The fraction of sp³-hybridized carbons (Fsp3) is 1.00. The van der Waals surface area contributed by atoms with Gasteiger partial charge in [0.1, 0.15) is 0 Å². The summed E-state index contributed by atoms with van der Waals surface area (Å²) >= 11 is 0. The van der Waals surface area contributed by atoms with Gasteiger partial charge >= 0.3 is 0 Å². The minimum Gasteiger partial charge on any atom is -0.309 e. The highest BCUT2D eigenvalue weighted by molar-refractivity contribution is 7.57. The van der Waals surface area contributed by atoms with Crippen molar-refractivity contribution in [1.29, 1.82) is 0 Å². The van der Waals surface area contributed by atoms with Crippen LogP contribution in [0.3, 0.4) is 0 Å². The molecule has 0 bridgehead atoms. The summed E-state index contributed by atoms with van der Waals surface area (Å²) in [6.07, 6.45) is 5.41. The van der Waals surface area contributed by atoms with Crippen molar-refractivity contribution in [2.75, 3.05) is 0 Å². The van der Waals surface area contributed by atoms with E-state index >= 15 is 0 Å². The van der Waals surface area contributed by atoms with Crippen LogP contribution in [0.1, 0.15) is 39.5 Å². The highest BCUT2D eigenvalue weighted by Crippen LogP contribution is 2.51. The molecule has 10 heavy (non-hydrogen) atoms. The van der Waals surface area contributed by atoms with Gasteiger partial charge in [0.15, 0.2) is 0 Å². The maximum absolute atomic E-state index is 6.11. The van der Waals surface area contributed by atoms with Crippen LogP contribution >= 0.6 is 8.07 Å². The van der Waals surface area contributed by atoms with Gasteiger partial charge in [0.05, 0.1) is 0 Å². The first-order valence-corrected chi connectivity index (χ1v) is 5.87. The Hall–Kier alpha value is 0.390. The Morgan fingerprint density at radius 2 is 1.60 bits per heavy atom. The fourth-order valence-electron chi connectivity index (χ4n) is 1.81. The maximum atomic E-state index is 6.11. The average molecular weight is 159 g/mol. The van der Waals surface area contributed by atoms with Crippen molar-refractivity contribution in [1.82, 2.24) is 0 Å². The third kappa shape index (κ3) is 1.52. The van der Waals surface area contributed by atoms with Crippen LogP contribution in [0.2, 0.25) is 0 Å². The number of nitrogens with two attached hydrogens (primary N) is 1. The molecule has 0 aromatic heterocycles. The van der Waals surface area contributed by atoms with E-state index in [1.54, 1.807) is 0 Å². The summed E-state index contributed by atoms with van der Waals surface area (Å²) in [7, 11) is -0.0921. The largest absolute Gasteiger partial charge is 0.309 e. The van der Waals surface area contributed by atoms with E-state index in [2.05, 4.69) is 13.8 Å². The second-order valence-corrected chi connectivity index (χ2v) is 5.50. The van der Waals surface area contributed by atoms with E-state index in [4.69, 9.17) is 5.50 Å². The molecule has 1 heterocycles. The van der Waals surface area contributed by atoms with Gasteiger partial charge in [-0.2, -0.15) is 0 Å². The van der Waals surface area contributed by atoms with Gasteiger partial charge < -0.3 is 5.50 Å². The van der Waals surface area contributed by atoms with Crippen LogP contribution in [-0.4, -0.2) is 11.3 Å². The summed E-state index contributed by atoms with van der Waals surface area (Å²) in [5.41, 5.74) is 7.89. The van der Waals surface area contributed by atoms with E-state index in [-0.39, 0.29) is 8.07 Å². The lowest BCUT2D eigenvalue weighted by molar-refractivity contribution is 0.696. The van der Waals surface area contributed by atoms with Gasteiger partial charge in [-0.3, -0.25) is 0 Å². The zero-order chi connectivity index (χ0) is 7.56. The molecule has 1 nitrogen and oxygen atoms in total. The zero-order valence-corrected chi connectivity index (χ0v) is 7.90. The molecule has 1 saturated heterocycles. The molecule has 0 aromatic rings. The molecule has 0 amide bonds. The summed E-state index contributed by atoms with van der Waals surface area (Å²) in [5, 5.41) is 0. The third-order valence-corrected chi connectivity index (χ3v) is 5.55. The summed E-state index contributed by atoms with van der Waals surface area (Å²) in [6.45, 7) is 4.54. The molecule has 0 radical (unpaired) electrons. The molecule has 2 heteroatoms. The maximum Gasteiger partial charge on any atom is -0.00802 e. The van der Waals surface area contributed by atoms with Gasteiger partial charge in [0.2, 0.25) is 0 Å². The number of rotatable bonds is 2. The van der Waals surface area contributed by atoms with Crippen LogP contribution in [0.25, 0.3) is 0 Å². The minimum atomic E-state index is -0.0921. The Bertz CT molecular complexity index is 93.4. The number of hydrogen-bond donors (Lipinski definition) is 1. The average Bonchev–Trinajstić information content (AvgIpc) is 2.30. The second-order valence-electron chi connectivity index (χ2n) is 3.15. The van der Waals surface area contributed by atoms with Gasteiger partial charge in [0.25, 0.3) is 0 Å². The lowest BCUT2D eigenvalue weighted by Gasteiger charge is -2.18. The molecule has 2 atom stereocenters. The van der Waals surface area contributed by atoms with Crippen LogP contribution in [-0.2, 0) is 0 Å². The highest BCUT2D eigenvalue weighted by atomic mass is 31.1. The zero-order valence-electron chi connectivity index (χ0n) is 7.01. The summed E-state index contributed by atoms with van der Waals surface area (Å²) < 4.78 is 0. The molecule has 2 N–H and O–H groups in total. The van der Waals surface area contributed by atoms with E-state index < -0.39 is 0 Å². The van der Waals surface area contributed by atoms with Gasteiger partial charge in [-0.25, -0.2) is 0 Å². The quantitative estimate of drug-likeness (QED) is 0.616. The Labute approximate surface area is 65.2 Å². The molecule has 0 aromatic carbocycles. The van der Waals surface area contributed by atoms with Crippen LogP contribution in [0, 0.1) is 0 Å². The molecule has 0 saturated carbocycles. The van der Waals surface area contributed by atoms with E-state index in [0.717, 1.165) is 11.3 Å². The van der Waals surface area contributed by atoms with Crippen LogP contribution in [0.15, 0.2) is 0 Å². The predicted octanol–water partition coefficient (Wildman–Crippen LogP) is 2.69. The normalized spacial score (nSPS) is 35.1. The standard InChI is InChI=1S/C8H18NP/c1-3-7-5-6-8(4-2)10(7)9/h7-8H,3-6,9H2,1-2H3/t7-,8-/m1/s1. The first kappa shape index (κ1) is 8.49. The predicted molar refractivity (Wildman–Crippen MR) is 48.5 cm³/mol. The van der Waals surface area contributed by atoms with Crippen molar-refractivity contribution in [3.8, 4) is 0 Å². The van der Waals surface area contributed by atoms with Gasteiger partial charge in [-0.05, 0) is 45.1 Å². The van der Waals surface area contributed by atoms with Gasteiger partial charge in [-0.1, -0.05) is 13.8 Å². The second kappa shape index (κ2) is 3.69. The van der Waals surface area contributed by atoms with Crippen molar-refractivity contribution in [2.24, 2.45) is 5.50 Å². The third-order valence-electron chi connectivity index (χ3n) is 2.62. The Morgan fingerprint density at radius 1 is 1.20 bits per heavy atom. The lowest BCUT2D eigenvalue weighted by Crippen LogP contribution is -2.08. The molecule has 1 aliphatic rings. The molecule has 1 fully saturated rings. The van der Waals surface area contributed by atoms with Crippen molar-refractivity contribution in [3.63, 3.8) is 0 Å². The Balaban J connectivity index is 2.41. The molecule has 1 aliphatic heterocycles. The van der Waals surface area contributed by atoms with Crippen LogP contribution in [0.4, 0.5) is 0 Å². The van der Waals surface area contributed by atoms with E-state index in [0.29, 0.717) is 0 Å². The van der Waals surface area contributed by atoms with Crippen molar-refractivity contribution in [2.45, 2.75) is 50.8 Å². The molecular formula is C8H18NP. The summed E-state index contributed by atoms with van der Waals surface area (Å²) in [4.78, 5) is 0. The van der Waals surface area contributed by atoms with Crippen molar-refractivity contribution < 1.29 is 0 Å². The van der Waals surface area contributed by atoms with Gasteiger partial charge in [0, 0.05) is 0 Å². The van der Waals surface area contributed by atoms with E-state index in [9.17, 15) is 0 Å². The van der Waals surface area contributed by atoms with E-state index in [1.807, 2.05) is 0 Å². The fourth-order valence-corrected chi connectivity index (χ4v) is 4.14. The summed E-state index contributed by atoms with van der Waals surface area (Å²) in [5.74, 6) is 0. The highest BCUT2D eigenvalue weighted by Gasteiger charge is 2.30. The molecule has 60 valence electrons. The van der Waals surface area contributed by atoms with Crippen molar-refractivity contribution in [3.05, 3.63) is 0 Å². The minimum absolute atomic E-state index is 0.0921. The van der Waals surface area contributed by atoms with E-state index in [1.165, 1.54) is 25.7 Å². The lowest BCUT2D eigenvalue weighted by atomic mass is 10.1. The topological polar surface area (TPSA) is 26.0 Å². The SMILES string of the molecule is CC[C@@H]1CC[C@@H](CC)P1N. The smallest absolute Gasteiger partial charge is 0.00802 e. The molecule has 0 spiro atoms. The van der Waals surface area contributed by atoms with Gasteiger partial charge in [-0.15, -0.1) is 0 Å². The first-order chi connectivity index (χ1) is 4.79. The Kier molecular flexibility index (Phi) is 3.13. The van der Waals surface area contributed by atoms with Crippen LogP contribution < -0.4 is 5.50 Å². The van der Waals surface area contributed by atoms with Crippen LogP contribution in [0.5, 0.6) is 0 Å². The molecule has 0 unspecified atom stereocenters. The number of hydrogen-bond acceptors (Lipinski definition) is 1. The monoisotopic (exact) mass is 159 g/mol. The summed E-state index contributed by atoms with van der Waals surface area (Å²) in [6, 6.07) is 0.